The summed E-state index contributed by atoms with van der Waals surface area (Å²) in [4.78, 5) is 15.5. The number of hydrogen-bond acceptors (Lipinski definition) is 6. The van der Waals surface area contributed by atoms with Crippen LogP contribution in [0.1, 0.15) is 60.0 Å². The standard InChI is InChI=1S/C29H27ClN6O3/c30-18-14-15-23-24(16-18)32-27(29(37)38)25(23)26(31-19-8-3-1-4-9-19)28-33-34-35-36(28)20-10-7-13-22(17-20)39-21-11-5-2-6-12-21/h2,5-7,10-17,19,26,31-32H,1,3-4,8-9H2,(H,37,38). The van der Waals surface area contributed by atoms with E-state index in [4.69, 9.17) is 16.3 Å². The van der Waals surface area contributed by atoms with E-state index in [-0.39, 0.29) is 11.7 Å². The van der Waals surface area contributed by atoms with Crippen LogP contribution in [0.25, 0.3) is 16.6 Å². The topological polar surface area (TPSA) is 118 Å². The first-order chi connectivity index (χ1) is 19.1. The number of nitrogens with one attached hydrogen (secondary N) is 2. The fraction of sp³-hybridized carbons (Fsp3) is 0.241. The first-order valence-electron chi connectivity index (χ1n) is 13.0. The number of para-hydroxylation sites is 1. The highest BCUT2D eigenvalue weighted by Crippen LogP contribution is 2.35. The maximum absolute atomic E-state index is 12.4. The summed E-state index contributed by atoms with van der Waals surface area (Å²) >= 11 is 6.24. The minimum Gasteiger partial charge on any atom is -0.477 e. The highest BCUT2D eigenvalue weighted by Gasteiger charge is 2.32. The van der Waals surface area contributed by atoms with Crippen molar-refractivity contribution in [1.29, 1.82) is 0 Å². The van der Waals surface area contributed by atoms with Crippen LogP contribution in [0.5, 0.6) is 11.5 Å². The average Bonchev–Trinajstić information content (AvgIpc) is 3.58. The molecule has 0 amide bonds. The zero-order valence-corrected chi connectivity index (χ0v) is 21.8. The fourth-order valence-corrected chi connectivity index (χ4v) is 5.49. The maximum atomic E-state index is 12.4. The number of H-pyrrole nitrogens is 1. The number of carbonyl (C=O) groups is 1. The van der Waals surface area contributed by atoms with Crippen molar-refractivity contribution < 1.29 is 14.6 Å². The number of tetrazole rings is 1. The molecule has 39 heavy (non-hydrogen) atoms. The smallest absolute Gasteiger partial charge is 0.352 e. The lowest BCUT2D eigenvalue weighted by atomic mass is 9.93. The molecule has 2 heterocycles. The van der Waals surface area contributed by atoms with Crippen LogP contribution < -0.4 is 10.1 Å². The third-order valence-electron chi connectivity index (χ3n) is 7.10. The zero-order chi connectivity index (χ0) is 26.8. The van der Waals surface area contributed by atoms with E-state index < -0.39 is 12.0 Å². The molecule has 1 fully saturated rings. The van der Waals surface area contributed by atoms with Crippen molar-refractivity contribution >= 4 is 28.5 Å². The van der Waals surface area contributed by atoms with E-state index in [1.165, 1.54) is 6.42 Å². The Kier molecular flexibility index (Phi) is 7.00. The Morgan fingerprint density at radius 2 is 1.82 bits per heavy atom. The zero-order valence-electron chi connectivity index (χ0n) is 21.0. The van der Waals surface area contributed by atoms with E-state index in [0.29, 0.717) is 39.1 Å². The van der Waals surface area contributed by atoms with Gasteiger partial charge >= 0.3 is 5.97 Å². The van der Waals surface area contributed by atoms with Gasteiger partial charge in [-0.2, -0.15) is 4.68 Å². The number of halogens is 1. The van der Waals surface area contributed by atoms with Crippen molar-refractivity contribution in [3.05, 3.63) is 94.9 Å². The quantitative estimate of drug-likeness (QED) is 0.210. The van der Waals surface area contributed by atoms with Gasteiger partial charge < -0.3 is 20.1 Å². The van der Waals surface area contributed by atoms with Crippen LogP contribution in [0.4, 0.5) is 0 Å². The Balaban J connectivity index is 1.46. The number of benzene rings is 3. The van der Waals surface area contributed by atoms with Crippen molar-refractivity contribution in [3.63, 3.8) is 0 Å². The first-order valence-corrected chi connectivity index (χ1v) is 13.4. The molecule has 0 bridgehead atoms. The number of aromatic amines is 1. The Morgan fingerprint density at radius 3 is 2.62 bits per heavy atom. The number of aromatic nitrogens is 5. The molecule has 6 rings (SSSR count). The molecule has 0 spiro atoms. The third kappa shape index (κ3) is 5.23. The van der Waals surface area contributed by atoms with Gasteiger partial charge in [0.05, 0.1) is 11.7 Å². The van der Waals surface area contributed by atoms with E-state index in [1.54, 1.807) is 16.8 Å². The monoisotopic (exact) mass is 542 g/mol. The van der Waals surface area contributed by atoms with Gasteiger partial charge in [-0.25, -0.2) is 4.79 Å². The number of aromatic carboxylic acids is 1. The molecule has 10 heteroatoms. The minimum atomic E-state index is -1.06. The number of fused-ring (bicyclic) bond motifs is 1. The first kappa shape index (κ1) is 25.1. The Hall–Kier alpha value is -4.21. The van der Waals surface area contributed by atoms with Gasteiger partial charge in [0.25, 0.3) is 0 Å². The van der Waals surface area contributed by atoms with Crippen LogP contribution in [-0.4, -0.2) is 42.3 Å². The molecule has 1 saturated carbocycles. The lowest BCUT2D eigenvalue weighted by Crippen LogP contribution is -2.37. The molecule has 1 unspecified atom stereocenters. The number of nitrogens with zero attached hydrogens (tertiary/aromatic N) is 4. The SMILES string of the molecule is O=C(O)c1[nH]c2cc(Cl)ccc2c1C(NC1CCCCC1)c1nnnn1-c1cccc(Oc2ccccc2)c1. The largest absolute Gasteiger partial charge is 0.477 e. The molecular weight excluding hydrogens is 516 g/mol. The van der Waals surface area contributed by atoms with Crippen LogP contribution in [0, 0.1) is 0 Å². The normalized spacial score (nSPS) is 14.9. The van der Waals surface area contributed by atoms with E-state index in [9.17, 15) is 9.90 Å². The van der Waals surface area contributed by atoms with Crippen molar-refractivity contribution in [2.75, 3.05) is 0 Å². The summed E-state index contributed by atoms with van der Waals surface area (Å²) in [5.41, 5.74) is 1.99. The van der Waals surface area contributed by atoms with Gasteiger partial charge in [-0.3, -0.25) is 0 Å². The lowest BCUT2D eigenvalue weighted by molar-refractivity contribution is 0.0689. The molecule has 9 nitrogen and oxygen atoms in total. The van der Waals surface area contributed by atoms with Gasteiger partial charge in [0, 0.05) is 33.6 Å². The van der Waals surface area contributed by atoms with Crippen molar-refractivity contribution in [2.24, 2.45) is 0 Å². The minimum absolute atomic E-state index is 0.0799. The summed E-state index contributed by atoms with van der Waals surface area (Å²) in [6.07, 6.45) is 5.41. The molecule has 0 aliphatic heterocycles. The van der Waals surface area contributed by atoms with Crippen LogP contribution in [0.3, 0.4) is 0 Å². The molecule has 5 aromatic rings. The number of hydrogen-bond donors (Lipinski definition) is 3. The number of carboxylic acid groups (broad SMARTS) is 1. The van der Waals surface area contributed by atoms with E-state index in [0.717, 1.165) is 31.1 Å². The van der Waals surface area contributed by atoms with Crippen LogP contribution in [-0.2, 0) is 0 Å². The van der Waals surface area contributed by atoms with Gasteiger partial charge in [0.2, 0.25) is 0 Å². The average molecular weight is 543 g/mol. The van der Waals surface area contributed by atoms with E-state index in [2.05, 4.69) is 25.8 Å². The van der Waals surface area contributed by atoms with E-state index in [1.807, 2.05) is 60.7 Å². The molecule has 3 aromatic carbocycles. The second-order valence-corrected chi connectivity index (χ2v) is 10.1. The van der Waals surface area contributed by atoms with Gasteiger partial charge in [-0.15, -0.1) is 5.10 Å². The maximum Gasteiger partial charge on any atom is 0.352 e. The molecule has 0 radical (unpaired) electrons. The second kappa shape index (κ2) is 10.9. The molecule has 198 valence electrons. The van der Waals surface area contributed by atoms with Crippen molar-refractivity contribution in [2.45, 2.75) is 44.2 Å². The summed E-state index contributed by atoms with van der Waals surface area (Å²) in [5.74, 6) is 0.762. The fourth-order valence-electron chi connectivity index (χ4n) is 5.31. The Morgan fingerprint density at radius 1 is 1.03 bits per heavy atom. The Bertz CT molecular complexity index is 1610. The summed E-state index contributed by atoms with van der Waals surface area (Å²) in [5, 5.41) is 27.9. The predicted molar refractivity (Wildman–Crippen MR) is 148 cm³/mol. The third-order valence-corrected chi connectivity index (χ3v) is 7.34. The van der Waals surface area contributed by atoms with Crippen LogP contribution >= 0.6 is 11.6 Å². The van der Waals surface area contributed by atoms with E-state index >= 15 is 0 Å². The van der Waals surface area contributed by atoms with Crippen molar-refractivity contribution in [1.82, 2.24) is 30.5 Å². The molecular formula is C29H27ClN6O3. The van der Waals surface area contributed by atoms with Gasteiger partial charge in [0.15, 0.2) is 5.82 Å². The highest BCUT2D eigenvalue weighted by atomic mass is 35.5. The molecule has 2 aromatic heterocycles. The summed E-state index contributed by atoms with van der Waals surface area (Å²) in [7, 11) is 0. The summed E-state index contributed by atoms with van der Waals surface area (Å²) < 4.78 is 7.68. The Labute approximate surface area is 229 Å². The van der Waals surface area contributed by atoms with Crippen LogP contribution in [0.15, 0.2) is 72.8 Å². The second-order valence-electron chi connectivity index (χ2n) is 9.70. The van der Waals surface area contributed by atoms with Gasteiger partial charge in [-0.1, -0.05) is 61.2 Å². The molecule has 1 aliphatic carbocycles. The molecule has 1 atom stereocenters. The number of rotatable bonds is 8. The van der Waals surface area contributed by atoms with Gasteiger partial charge in [-0.05, 0) is 59.7 Å². The van der Waals surface area contributed by atoms with Crippen molar-refractivity contribution in [3.8, 4) is 17.2 Å². The van der Waals surface area contributed by atoms with Gasteiger partial charge in [0.1, 0.15) is 17.2 Å². The lowest BCUT2D eigenvalue weighted by Gasteiger charge is -2.28. The molecule has 1 aliphatic rings. The van der Waals surface area contributed by atoms with Crippen LogP contribution in [0.2, 0.25) is 5.02 Å². The number of ether oxygens (including phenoxy) is 1. The molecule has 0 saturated heterocycles. The predicted octanol–water partition coefficient (Wildman–Crippen LogP) is 6.30. The number of carboxylic acids is 1. The highest BCUT2D eigenvalue weighted by molar-refractivity contribution is 6.31. The summed E-state index contributed by atoms with van der Waals surface area (Å²) in [6, 6.07) is 21.9. The summed E-state index contributed by atoms with van der Waals surface area (Å²) in [6.45, 7) is 0. The molecule has 3 N–H and O–H groups in total.